The highest BCUT2D eigenvalue weighted by Gasteiger charge is 2.45. The van der Waals surface area contributed by atoms with Gasteiger partial charge in [0, 0.05) is 18.7 Å². The maximum atomic E-state index is 14.3. The van der Waals surface area contributed by atoms with Gasteiger partial charge in [0.05, 0.1) is 42.5 Å². The lowest BCUT2D eigenvalue weighted by Gasteiger charge is -2.28. The zero-order valence-electron chi connectivity index (χ0n) is 26.1. The van der Waals surface area contributed by atoms with E-state index < -0.39 is 38.9 Å². The molecule has 2 aliphatic rings. The minimum Gasteiger partial charge on any atom is -0.496 e. The van der Waals surface area contributed by atoms with Crippen LogP contribution < -0.4 is 16.0 Å². The maximum Gasteiger partial charge on any atom is 0.333 e. The first-order chi connectivity index (χ1) is 21.7. The highest BCUT2D eigenvalue weighted by Crippen LogP contribution is 2.43. The van der Waals surface area contributed by atoms with E-state index in [1.807, 2.05) is 18.2 Å². The number of aromatic nitrogens is 3. The normalized spacial score (nSPS) is 19.9. The molecule has 1 aliphatic heterocycles. The Kier molecular flexibility index (Phi) is 8.24. The van der Waals surface area contributed by atoms with E-state index in [-0.39, 0.29) is 35.8 Å². The molecule has 1 N–H and O–H groups in total. The number of aliphatic carboxylic acids is 1. The summed E-state index contributed by atoms with van der Waals surface area (Å²) in [5.74, 6) is -0.223. The van der Waals surface area contributed by atoms with Gasteiger partial charge in [-0.15, -0.1) is 11.3 Å². The van der Waals surface area contributed by atoms with Crippen molar-refractivity contribution < 1.29 is 32.2 Å². The SMILES string of the molecule is COc1ccccc1[C@H](Cn1c(=O)n(C(C)(C)C(=O)O)c(=O)c2c(C)c(-c3ncco3)sc21)OC1C[C@H]2CN(S(C)(=O)=O)C[C@@H]2C1. The number of fused-ring (bicyclic) bond motifs is 2. The van der Waals surface area contributed by atoms with E-state index in [1.54, 1.807) is 20.1 Å². The molecule has 0 bridgehead atoms. The van der Waals surface area contributed by atoms with E-state index in [4.69, 9.17) is 13.9 Å². The summed E-state index contributed by atoms with van der Waals surface area (Å²) in [4.78, 5) is 45.7. The molecule has 46 heavy (non-hydrogen) atoms. The Balaban J connectivity index is 1.48. The first kappa shape index (κ1) is 32.2. The predicted molar refractivity (Wildman–Crippen MR) is 171 cm³/mol. The number of aryl methyl sites for hydroxylation is 1. The van der Waals surface area contributed by atoms with Gasteiger partial charge < -0.3 is 19.0 Å². The van der Waals surface area contributed by atoms with Crippen LogP contribution in [0.4, 0.5) is 0 Å². The number of carboxylic acid groups (broad SMARTS) is 1. The molecule has 4 aromatic rings. The lowest BCUT2D eigenvalue weighted by Crippen LogP contribution is -2.52. The van der Waals surface area contributed by atoms with Crippen LogP contribution in [0.25, 0.3) is 21.0 Å². The molecule has 15 heteroatoms. The van der Waals surface area contributed by atoms with Gasteiger partial charge >= 0.3 is 11.7 Å². The number of thiophene rings is 1. The number of rotatable bonds is 10. The summed E-state index contributed by atoms with van der Waals surface area (Å²) in [7, 11) is -1.75. The Morgan fingerprint density at radius 1 is 1.20 bits per heavy atom. The summed E-state index contributed by atoms with van der Waals surface area (Å²) < 4.78 is 46.0. The largest absolute Gasteiger partial charge is 0.496 e. The van der Waals surface area contributed by atoms with E-state index in [2.05, 4.69) is 4.98 Å². The van der Waals surface area contributed by atoms with Gasteiger partial charge in [-0.1, -0.05) is 18.2 Å². The van der Waals surface area contributed by atoms with Gasteiger partial charge in [0.1, 0.15) is 28.5 Å². The van der Waals surface area contributed by atoms with Gasteiger partial charge in [0.15, 0.2) is 0 Å². The van der Waals surface area contributed by atoms with Crippen molar-refractivity contribution in [1.29, 1.82) is 0 Å². The molecule has 13 nitrogen and oxygen atoms in total. The number of sulfonamides is 1. The van der Waals surface area contributed by atoms with Crippen molar-refractivity contribution in [1.82, 2.24) is 18.4 Å². The quantitative estimate of drug-likeness (QED) is 0.264. The molecule has 0 unspecified atom stereocenters. The lowest BCUT2D eigenvalue weighted by molar-refractivity contribution is -0.146. The fourth-order valence-corrected chi connectivity index (χ4v) is 8.93. The molecular weight excluding hydrogens is 636 g/mol. The number of methoxy groups -OCH3 is 1. The van der Waals surface area contributed by atoms with Crippen molar-refractivity contribution in [2.24, 2.45) is 11.8 Å². The summed E-state index contributed by atoms with van der Waals surface area (Å²) in [5, 5.41) is 10.3. The standard InChI is InChI=1S/C31H36N4O9S2/c1-17-24-27(36)35(31(2,3)29(37)38)30(39)34(28(24)45-25(17)26-32-10-11-43-26)16-23(21-8-6-7-9-22(21)42-4)44-20-12-18-14-33(46(5,40)41)15-19(18)13-20/h6-11,18-20,23H,12-16H2,1-5H3,(H,37,38)/t18-,19-,23-/m0/s1. The second kappa shape index (κ2) is 11.8. The Hall–Kier alpha value is -3.79. The molecule has 246 valence electrons. The first-order valence-corrected chi connectivity index (χ1v) is 17.5. The third kappa shape index (κ3) is 5.48. The van der Waals surface area contributed by atoms with Crippen LogP contribution in [0.3, 0.4) is 0 Å². The zero-order valence-corrected chi connectivity index (χ0v) is 27.8. The van der Waals surface area contributed by atoms with Gasteiger partial charge in [-0.25, -0.2) is 31.9 Å². The summed E-state index contributed by atoms with van der Waals surface area (Å²) in [6.45, 7) is 5.18. The Morgan fingerprint density at radius 3 is 2.46 bits per heavy atom. The van der Waals surface area contributed by atoms with Gasteiger partial charge in [-0.2, -0.15) is 0 Å². The van der Waals surface area contributed by atoms with E-state index in [0.29, 0.717) is 52.5 Å². The average Bonchev–Trinajstić information content (AvgIpc) is 3.78. The van der Waals surface area contributed by atoms with E-state index >= 15 is 0 Å². The van der Waals surface area contributed by atoms with Crippen molar-refractivity contribution in [2.45, 2.75) is 57.9 Å². The van der Waals surface area contributed by atoms with Crippen LogP contribution in [0.2, 0.25) is 0 Å². The highest BCUT2D eigenvalue weighted by atomic mass is 32.2. The molecule has 4 heterocycles. The van der Waals surface area contributed by atoms with E-state index in [1.165, 1.54) is 52.8 Å². The number of oxazole rings is 1. The number of hydrogen-bond acceptors (Lipinski definition) is 10. The third-order valence-corrected chi connectivity index (χ3v) is 11.8. The number of hydrogen-bond donors (Lipinski definition) is 1. The summed E-state index contributed by atoms with van der Waals surface area (Å²) >= 11 is 1.17. The molecular formula is C31H36N4O9S2. The minimum atomic E-state index is -3.29. The number of carboxylic acids is 1. The van der Waals surface area contributed by atoms with Crippen LogP contribution in [0.5, 0.6) is 5.75 Å². The average molecular weight is 673 g/mol. The van der Waals surface area contributed by atoms with Gasteiger partial charge in [0.25, 0.3) is 5.56 Å². The lowest BCUT2D eigenvalue weighted by atomic mass is 10.0. The van der Waals surface area contributed by atoms with Gasteiger partial charge in [-0.3, -0.25) is 9.36 Å². The van der Waals surface area contributed by atoms with Crippen molar-refractivity contribution in [3.8, 4) is 16.5 Å². The third-order valence-electron chi connectivity index (χ3n) is 9.26. The molecule has 0 radical (unpaired) electrons. The van der Waals surface area contributed by atoms with E-state index in [0.717, 1.165) is 4.57 Å². The van der Waals surface area contributed by atoms with Gasteiger partial charge in [-0.05, 0) is 57.1 Å². The fourth-order valence-electron chi connectivity index (χ4n) is 6.76. The van der Waals surface area contributed by atoms with Gasteiger partial charge in [0.2, 0.25) is 15.9 Å². The molecule has 1 aromatic carbocycles. The van der Waals surface area contributed by atoms with Crippen LogP contribution in [-0.4, -0.2) is 70.5 Å². The molecule has 0 spiro atoms. The first-order valence-electron chi connectivity index (χ1n) is 14.9. The number of benzene rings is 1. The molecule has 1 aliphatic carbocycles. The number of ether oxygens (including phenoxy) is 2. The minimum absolute atomic E-state index is 0.0576. The molecule has 3 aromatic heterocycles. The van der Waals surface area contributed by atoms with Crippen LogP contribution in [0.1, 0.15) is 43.9 Å². The number of carbonyl (C=O) groups is 1. The highest BCUT2D eigenvalue weighted by molar-refractivity contribution is 7.88. The molecule has 3 atom stereocenters. The Morgan fingerprint density at radius 2 is 1.87 bits per heavy atom. The summed E-state index contributed by atoms with van der Waals surface area (Å²) in [6.07, 6.45) is 4.44. The van der Waals surface area contributed by atoms with Crippen LogP contribution >= 0.6 is 11.3 Å². The monoisotopic (exact) mass is 672 g/mol. The second-order valence-electron chi connectivity index (χ2n) is 12.5. The van der Waals surface area contributed by atoms with Crippen LogP contribution in [-0.2, 0) is 31.6 Å². The van der Waals surface area contributed by atoms with Crippen molar-refractivity contribution in [3.63, 3.8) is 0 Å². The Bertz CT molecular complexity index is 2010. The van der Waals surface area contributed by atoms with E-state index in [9.17, 15) is 27.9 Å². The van der Waals surface area contributed by atoms with Crippen molar-refractivity contribution in [3.05, 3.63) is 68.7 Å². The molecule has 0 amide bonds. The zero-order chi connectivity index (χ0) is 33.1. The fraction of sp³-hybridized carbons (Fsp3) is 0.484. The smallest absolute Gasteiger partial charge is 0.333 e. The molecule has 6 rings (SSSR count). The summed E-state index contributed by atoms with van der Waals surface area (Å²) in [6, 6.07) is 7.30. The molecule has 1 saturated carbocycles. The van der Waals surface area contributed by atoms with Crippen LogP contribution in [0.15, 0.2) is 50.7 Å². The van der Waals surface area contributed by atoms with Crippen molar-refractivity contribution >= 4 is 37.5 Å². The molecule has 2 fully saturated rings. The maximum absolute atomic E-state index is 14.3. The molecule has 1 saturated heterocycles. The number of nitrogens with zero attached hydrogens (tertiary/aromatic N) is 4. The Labute approximate surface area is 269 Å². The summed E-state index contributed by atoms with van der Waals surface area (Å²) in [5.41, 5.74) is -2.18. The topological polar surface area (TPSA) is 163 Å². The predicted octanol–water partition coefficient (Wildman–Crippen LogP) is 3.44. The van der Waals surface area contributed by atoms with Crippen LogP contribution in [0, 0.1) is 18.8 Å². The number of para-hydroxylation sites is 1. The second-order valence-corrected chi connectivity index (χ2v) is 15.5. The van der Waals surface area contributed by atoms with Crippen molar-refractivity contribution in [2.75, 3.05) is 26.5 Å².